The monoisotopic (exact) mass is 298 g/mol. The van der Waals surface area contributed by atoms with Crippen molar-refractivity contribution in [3.8, 4) is 0 Å². The Morgan fingerprint density at radius 1 is 1.43 bits per heavy atom. The minimum atomic E-state index is -0.772. The molecule has 2 rings (SSSR count). The number of carbonyl (C=O) groups is 1. The molecule has 2 N–H and O–H groups in total. The van der Waals surface area contributed by atoms with Gasteiger partial charge in [0, 0.05) is 18.7 Å². The van der Waals surface area contributed by atoms with Crippen LogP contribution in [0.1, 0.15) is 36.5 Å². The van der Waals surface area contributed by atoms with Crippen LogP contribution in [0.25, 0.3) is 0 Å². The number of nitrogens with zero attached hydrogens (tertiary/aromatic N) is 1. The minimum Gasteiger partial charge on any atom is -0.394 e. The van der Waals surface area contributed by atoms with Crippen LogP contribution in [-0.2, 0) is 0 Å². The maximum Gasteiger partial charge on any atom is 0.254 e. The van der Waals surface area contributed by atoms with Crippen LogP contribution in [0, 0.1) is 11.6 Å². The molecule has 116 valence electrons. The molecule has 1 aromatic rings. The molecule has 1 aromatic carbocycles. The summed E-state index contributed by atoms with van der Waals surface area (Å²) in [5, 5.41) is 11.9. The number of carbonyl (C=O) groups excluding carboxylic acids is 1. The van der Waals surface area contributed by atoms with Crippen molar-refractivity contribution in [2.24, 2.45) is 0 Å². The highest BCUT2D eigenvalue weighted by Gasteiger charge is 2.29. The van der Waals surface area contributed by atoms with Crippen LogP contribution in [0.2, 0.25) is 0 Å². The Bertz CT molecular complexity index is 499. The molecule has 0 saturated carbocycles. The summed E-state index contributed by atoms with van der Waals surface area (Å²) in [5.41, 5.74) is -0.221. The second kappa shape index (κ2) is 6.85. The number of amides is 1. The average molecular weight is 298 g/mol. The molecule has 1 aliphatic rings. The number of rotatable bonds is 5. The van der Waals surface area contributed by atoms with Crippen LogP contribution in [0.15, 0.2) is 12.1 Å². The van der Waals surface area contributed by atoms with Gasteiger partial charge in [-0.15, -0.1) is 0 Å². The second-order valence-corrected chi connectivity index (χ2v) is 5.22. The van der Waals surface area contributed by atoms with Crippen molar-refractivity contribution in [1.29, 1.82) is 0 Å². The Morgan fingerprint density at radius 2 is 2.10 bits per heavy atom. The summed E-state index contributed by atoms with van der Waals surface area (Å²) in [5.74, 6) is -1.98. The van der Waals surface area contributed by atoms with E-state index in [1.807, 2.05) is 6.92 Å². The van der Waals surface area contributed by atoms with Gasteiger partial charge >= 0.3 is 0 Å². The molecule has 21 heavy (non-hydrogen) atoms. The topological polar surface area (TPSA) is 52.6 Å². The number of halogens is 2. The van der Waals surface area contributed by atoms with Gasteiger partial charge in [0.15, 0.2) is 0 Å². The van der Waals surface area contributed by atoms with E-state index in [9.17, 15) is 18.7 Å². The highest BCUT2D eigenvalue weighted by atomic mass is 19.1. The second-order valence-electron chi connectivity index (χ2n) is 5.22. The molecule has 1 atom stereocenters. The molecule has 1 aliphatic heterocycles. The normalized spacial score (nSPS) is 18.1. The van der Waals surface area contributed by atoms with Crippen molar-refractivity contribution >= 4 is 11.6 Å². The van der Waals surface area contributed by atoms with Crippen LogP contribution in [0.4, 0.5) is 14.5 Å². The first kappa shape index (κ1) is 15.7. The zero-order chi connectivity index (χ0) is 15.4. The molecule has 0 aromatic heterocycles. The van der Waals surface area contributed by atoms with E-state index in [-0.39, 0.29) is 23.9 Å². The van der Waals surface area contributed by atoms with Gasteiger partial charge in [0.25, 0.3) is 5.91 Å². The van der Waals surface area contributed by atoms with Gasteiger partial charge in [-0.25, -0.2) is 8.78 Å². The number of benzene rings is 1. The summed E-state index contributed by atoms with van der Waals surface area (Å²) >= 11 is 0. The molecule has 0 spiro atoms. The smallest absolute Gasteiger partial charge is 0.254 e. The van der Waals surface area contributed by atoms with Gasteiger partial charge in [-0.2, -0.15) is 0 Å². The Balaban J connectivity index is 2.22. The molecule has 0 radical (unpaired) electrons. The highest BCUT2D eigenvalue weighted by Crippen LogP contribution is 2.24. The fourth-order valence-electron chi connectivity index (χ4n) is 2.57. The lowest BCUT2D eigenvalue weighted by Gasteiger charge is -2.23. The fraction of sp³-hybridized carbons (Fsp3) is 0.533. The van der Waals surface area contributed by atoms with Gasteiger partial charge in [-0.3, -0.25) is 4.79 Å². The summed E-state index contributed by atoms with van der Waals surface area (Å²) < 4.78 is 27.9. The fourth-order valence-corrected chi connectivity index (χ4v) is 2.57. The van der Waals surface area contributed by atoms with Gasteiger partial charge < -0.3 is 15.3 Å². The lowest BCUT2D eigenvalue weighted by molar-refractivity contribution is 0.0676. The summed E-state index contributed by atoms with van der Waals surface area (Å²) in [7, 11) is 0. The van der Waals surface area contributed by atoms with Gasteiger partial charge in [0.05, 0.1) is 12.6 Å². The Kier molecular flexibility index (Phi) is 5.12. The summed E-state index contributed by atoms with van der Waals surface area (Å²) in [6.45, 7) is 2.72. The molecule has 0 aliphatic carbocycles. The van der Waals surface area contributed by atoms with Gasteiger partial charge in [0.1, 0.15) is 17.3 Å². The summed E-state index contributed by atoms with van der Waals surface area (Å²) in [4.78, 5) is 13.8. The van der Waals surface area contributed by atoms with E-state index in [4.69, 9.17) is 0 Å². The maximum absolute atomic E-state index is 13.9. The lowest BCUT2D eigenvalue weighted by atomic mass is 10.1. The van der Waals surface area contributed by atoms with E-state index < -0.39 is 17.5 Å². The van der Waals surface area contributed by atoms with E-state index in [2.05, 4.69) is 5.32 Å². The number of hydrogen-bond donors (Lipinski definition) is 2. The van der Waals surface area contributed by atoms with Gasteiger partial charge in [0.2, 0.25) is 0 Å². The zero-order valence-corrected chi connectivity index (χ0v) is 12.0. The van der Waals surface area contributed by atoms with Crippen molar-refractivity contribution in [3.05, 3.63) is 29.3 Å². The SMILES string of the molecule is CCCNc1c(F)cc(C(=O)N2CCCC2CO)cc1F. The largest absolute Gasteiger partial charge is 0.394 e. The number of hydrogen-bond acceptors (Lipinski definition) is 3. The van der Waals surface area contributed by atoms with Crippen LogP contribution in [0.3, 0.4) is 0 Å². The molecule has 0 bridgehead atoms. The van der Waals surface area contributed by atoms with Crippen molar-refractivity contribution in [3.63, 3.8) is 0 Å². The van der Waals surface area contributed by atoms with Gasteiger partial charge in [-0.1, -0.05) is 6.92 Å². The quantitative estimate of drug-likeness (QED) is 0.877. The lowest BCUT2D eigenvalue weighted by Crippen LogP contribution is -2.37. The van der Waals surface area contributed by atoms with Crippen molar-refractivity contribution in [2.75, 3.05) is 25.0 Å². The van der Waals surface area contributed by atoms with E-state index in [1.165, 1.54) is 4.90 Å². The number of likely N-dealkylation sites (tertiary alicyclic amines) is 1. The molecule has 6 heteroatoms. The zero-order valence-electron chi connectivity index (χ0n) is 12.0. The first-order chi connectivity index (χ1) is 10.1. The summed E-state index contributed by atoms with van der Waals surface area (Å²) in [6.07, 6.45) is 2.24. The van der Waals surface area contributed by atoms with Crippen LogP contribution in [-0.4, -0.2) is 41.7 Å². The summed E-state index contributed by atoms with van der Waals surface area (Å²) in [6, 6.07) is 1.84. The van der Waals surface area contributed by atoms with Crippen molar-refractivity contribution in [1.82, 2.24) is 4.90 Å². The van der Waals surface area contributed by atoms with E-state index in [0.717, 1.165) is 25.0 Å². The molecule has 1 heterocycles. The van der Waals surface area contributed by atoms with E-state index in [1.54, 1.807) is 0 Å². The third-order valence-corrected chi connectivity index (χ3v) is 3.69. The molecule has 1 unspecified atom stereocenters. The first-order valence-electron chi connectivity index (χ1n) is 7.23. The molecule has 1 saturated heterocycles. The maximum atomic E-state index is 13.9. The molecule has 1 amide bonds. The van der Waals surface area contributed by atoms with Crippen molar-refractivity contribution in [2.45, 2.75) is 32.2 Å². The third-order valence-electron chi connectivity index (χ3n) is 3.69. The molecule has 4 nitrogen and oxygen atoms in total. The predicted octanol–water partition coefficient (Wildman–Crippen LogP) is 2.38. The molecule has 1 fully saturated rings. The highest BCUT2D eigenvalue weighted by molar-refractivity contribution is 5.95. The number of aliphatic hydroxyl groups is 1. The standard InChI is InChI=1S/C15H20F2N2O2/c1-2-5-18-14-12(16)7-10(8-13(14)17)15(21)19-6-3-4-11(19)9-20/h7-8,11,18,20H,2-6,9H2,1H3. The third kappa shape index (κ3) is 3.32. The molecular weight excluding hydrogens is 278 g/mol. The van der Waals surface area contributed by atoms with Crippen LogP contribution < -0.4 is 5.32 Å². The van der Waals surface area contributed by atoms with Crippen LogP contribution >= 0.6 is 0 Å². The van der Waals surface area contributed by atoms with Crippen LogP contribution in [0.5, 0.6) is 0 Å². The van der Waals surface area contributed by atoms with Gasteiger partial charge in [-0.05, 0) is 31.4 Å². The number of anilines is 1. The Morgan fingerprint density at radius 3 is 2.67 bits per heavy atom. The van der Waals surface area contributed by atoms with E-state index >= 15 is 0 Å². The first-order valence-corrected chi connectivity index (χ1v) is 7.23. The Labute approximate surface area is 122 Å². The number of aliphatic hydroxyl groups excluding tert-OH is 1. The van der Waals surface area contributed by atoms with E-state index in [0.29, 0.717) is 19.5 Å². The number of nitrogens with one attached hydrogen (secondary N) is 1. The predicted molar refractivity (Wildman–Crippen MR) is 76.3 cm³/mol. The average Bonchev–Trinajstić information content (AvgIpc) is 2.94. The minimum absolute atomic E-state index is 0.0209. The van der Waals surface area contributed by atoms with Crippen molar-refractivity contribution < 1.29 is 18.7 Å². The molecular formula is C15H20F2N2O2. The Hall–Kier alpha value is -1.69.